The van der Waals surface area contributed by atoms with E-state index in [4.69, 9.17) is 5.73 Å². The molecule has 1 aromatic rings. The minimum absolute atomic E-state index is 0.343. The Kier molecular flexibility index (Phi) is 5.35. The molecule has 2 N–H and O–H groups in total. The predicted molar refractivity (Wildman–Crippen MR) is 66.5 cm³/mol. The first kappa shape index (κ1) is 13.1. The Hall–Kier alpha value is -1.00. The van der Waals surface area contributed by atoms with Gasteiger partial charge >= 0.3 is 5.97 Å². The van der Waals surface area contributed by atoms with E-state index in [1.54, 1.807) is 11.8 Å². The van der Waals surface area contributed by atoms with E-state index in [0.29, 0.717) is 6.42 Å². The molecule has 1 rings (SSSR count). The van der Waals surface area contributed by atoms with Crippen molar-refractivity contribution in [2.75, 3.05) is 12.9 Å². The monoisotopic (exact) mass is 239 g/mol. The van der Waals surface area contributed by atoms with Crippen LogP contribution >= 0.6 is 11.8 Å². The molecule has 0 radical (unpaired) electrons. The molecule has 0 aromatic heterocycles. The number of benzene rings is 1. The van der Waals surface area contributed by atoms with E-state index in [1.807, 2.05) is 0 Å². The number of nitrogens with two attached hydrogens (primary N) is 1. The highest BCUT2D eigenvalue weighted by atomic mass is 32.2. The third kappa shape index (κ3) is 4.24. The molecule has 0 aliphatic rings. The lowest BCUT2D eigenvalue weighted by Crippen LogP contribution is -2.31. The zero-order valence-electron chi connectivity index (χ0n) is 9.60. The second-order valence-corrected chi connectivity index (χ2v) is 4.75. The molecule has 0 aliphatic carbocycles. The third-order valence-electron chi connectivity index (χ3n) is 2.22. The SMILES string of the molecule is COC(=O)C(N)CCSc1ccc(C)cc1. The molecule has 0 spiro atoms. The first-order valence-electron chi connectivity index (χ1n) is 5.16. The van der Waals surface area contributed by atoms with Gasteiger partial charge in [0.1, 0.15) is 6.04 Å². The summed E-state index contributed by atoms with van der Waals surface area (Å²) in [6, 6.07) is 7.78. The highest BCUT2D eigenvalue weighted by Crippen LogP contribution is 2.19. The molecule has 0 fully saturated rings. The summed E-state index contributed by atoms with van der Waals surface area (Å²) in [6.07, 6.45) is 0.630. The second kappa shape index (κ2) is 6.55. The summed E-state index contributed by atoms with van der Waals surface area (Å²) in [5, 5.41) is 0. The summed E-state index contributed by atoms with van der Waals surface area (Å²) in [5.41, 5.74) is 6.87. The molecule has 88 valence electrons. The zero-order chi connectivity index (χ0) is 12.0. The molecule has 1 unspecified atom stereocenters. The van der Waals surface area contributed by atoms with Crippen molar-refractivity contribution in [3.05, 3.63) is 29.8 Å². The predicted octanol–water partition coefficient (Wildman–Crippen LogP) is 1.98. The number of thioether (sulfide) groups is 1. The summed E-state index contributed by atoms with van der Waals surface area (Å²) in [7, 11) is 1.36. The number of rotatable bonds is 5. The van der Waals surface area contributed by atoms with Crippen LogP contribution in [0.1, 0.15) is 12.0 Å². The summed E-state index contributed by atoms with van der Waals surface area (Å²) < 4.78 is 4.56. The van der Waals surface area contributed by atoms with Crippen LogP contribution in [0.2, 0.25) is 0 Å². The zero-order valence-corrected chi connectivity index (χ0v) is 10.4. The van der Waals surface area contributed by atoms with E-state index >= 15 is 0 Å². The largest absolute Gasteiger partial charge is 0.468 e. The Balaban J connectivity index is 2.30. The van der Waals surface area contributed by atoms with Gasteiger partial charge in [0.2, 0.25) is 0 Å². The minimum Gasteiger partial charge on any atom is -0.468 e. The number of methoxy groups -OCH3 is 1. The fourth-order valence-corrected chi connectivity index (χ4v) is 2.14. The van der Waals surface area contributed by atoms with Crippen molar-refractivity contribution >= 4 is 17.7 Å². The van der Waals surface area contributed by atoms with Crippen LogP contribution in [0.5, 0.6) is 0 Å². The number of ether oxygens (including phenoxy) is 1. The first-order chi connectivity index (χ1) is 7.63. The van der Waals surface area contributed by atoms with Crippen molar-refractivity contribution in [2.24, 2.45) is 5.73 Å². The molecule has 0 saturated carbocycles. The molecular weight excluding hydrogens is 222 g/mol. The normalized spacial score (nSPS) is 12.2. The molecule has 0 saturated heterocycles. The van der Waals surface area contributed by atoms with Gasteiger partial charge in [0.05, 0.1) is 7.11 Å². The molecule has 3 nitrogen and oxygen atoms in total. The Morgan fingerprint density at radius 1 is 1.44 bits per heavy atom. The van der Waals surface area contributed by atoms with Crippen LogP contribution in [0.25, 0.3) is 0 Å². The van der Waals surface area contributed by atoms with Crippen molar-refractivity contribution in [3.63, 3.8) is 0 Å². The number of carbonyl (C=O) groups excluding carboxylic acids is 1. The highest BCUT2D eigenvalue weighted by Gasteiger charge is 2.12. The summed E-state index contributed by atoms with van der Waals surface area (Å²) in [4.78, 5) is 12.2. The maximum Gasteiger partial charge on any atom is 0.322 e. The lowest BCUT2D eigenvalue weighted by atomic mass is 10.2. The fraction of sp³-hybridized carbons (Fsp3) is 0.417. The van der Waals surface area contributed by atoms with Crippen LogP contribution in [0.3, 0.4) is 0 Å². The van der Waals surface area contributed by atoms with E-state index in [-0.39, 0.29) is 5.97 Å². The molecular formula is C12H17NO2S. The van der Waals surface area contributed by atoms with E-state index in [9.17, 15) is 4.79 Å². The molecule has 16 heavy (non-hydrogen) atoms. The van der Waals surface area contributed by atoms with Gasteiger partial charge in [-0.1, -0.05) is 17.7 Å². The van der Waals surface area contributed by atoms with E-state index in [2.05, 4.69) is 35.9 Å². The standard InChI is InChI=1S/C12H17NO2S/c1-9-3-5-10(6-4-9)16-8-7-11(13)12(14)15-2/h3-6,11H,7-8,13H2,1-2H3. The molecule has 1 aromatic carbocycles. The van der Waals surface area contributed by atoms with Gasteiger partial charge in [-0.05, 0) is 25.5 Å². The molecule has 0 amide bonds. The fourth-order valence-electron chi connectivity index (χ4n) is 1.21. The van der Waals surface area contributed by atoms with Gasteiger partial charge in [-0.15, -0.1) is 11.8 Å². The van der Waals surface area contributed by atoms with E-state index in [0.717, 1.165) is 5.75 Å². The Morgan fingerprint density at radius 3 is 2.62 bits per heavy atom. The summed E-state index contributed by atoms with van der Waals surface area (Å²) in [6.45, 7) is 2.06. The molecule has 0 aliphatic heterocycles. The maximum atomic E-state index is 11.0. The van der Waals surface area contributed by atoms with Gasteiger partial charge in [-0.3, -0.25) is 4.79 Å². The Morgan fingerprint density at radius 2 is 2.06 bits per heavy atom. The Bertz CT molecular complexity index is 337. The van der Waals surface area contributed by atoms with E-state index < -0.39 is 6.04 Å². The maximum absolute atomic E-state index is 11.0. The smallest absolute Gasteiger partial charge is 0.322 e. The molecule has 0 bridgehead atoms. The van der Waals surface area contributed by atoms with Gasteiger partial charge in [-0.25, -0.2) is 0 Å². The van der Waals surface area contributed by atoms with Gasteiger partial charge < -0.3 is 10.5 Å². The van der Waals surface area contributed by atoms with Crippen molar-refractivity contribution in [3.8, 4) is 0 Å². The lowest BCUT2D eigenvalue weighted by Gasteiger charge is -2.08. The van der Waals surface area contributed by atoms with Gasteiger partial charge in [-0.2, -0.15) is 0 Å². The summed E-state index contributed by atoms with van der Waals surface area (Å²) in [5.74, 6) is 0.476. The average molecular weight is 239 g/mol. The van der Waals surface area contributed by atoms with Crippen LogP contribution in [0, 0.1) is 6.92 Å². The number of hydrogen-bond donors (Lipinski definition) is 1. The van der Waals surface area contributed by atoms with Gasteiger partial charge in [0.25, 0.3) is 0 Å². The van der Waals surface area contributed by atoms with Gasteiger partial charge in [0.15, 0.2) is 0 Å². The first-order valence-corrected chi connectivity index (χ1v) is 6.15. The van der Waals surface area contributed by atoms with Crippen LogP contribution in [0.15, 0.2) is 29.2 Å². The second-order valence-electron chi connectivity index (χ2n) is 3.58. The van der Waals surface area contributed by atoms with Crippen LogP contribution in [-0.4, -0.2) is 24.9 Å². The molecule has 4 heteroatoms. The van der Waals surface area contributed by atoms with Crippen LogP contribution in [-0.2, 0) is 9.53 Å². The number of hydrogen-bond acceptors (Lipinski definition) is 4. The minimum atomic E-state index is -0.511. The van der Waals surface area contributed by atoms with Crippen LogP contribution < -0.4 is 5.73 Å². The highest BCUT2D eigenvalue weighted by molar-refractivity contribution is 7.99. The van der Waals surface area contributed by atoms with E-state index in [1.165, 1.54) is 17.6 Å². The topological polar surface area (TPSA) is 52.3 Å². The van der Waals surface area contributed by atoms with Crippen molar-refractivity contribution in [2.45, 2.75) is 24.3 Å². The van der Waals surface area contributed by atoms with Crippen molar-refractivity contribution in [1.82, 2.24) is 0 Å². The van der Waals surface area contributed by atoms with Crippen molar-refractivity contribution in [1.29, 1.82) is 0 Å². The average Bonchev–Trinajstić information content (AvgIpc) is 2.30. The molecule has 1 atom stereocenters. The van der Waals surface area contributed by atoms with Crippen molar-refractivity contribution < 1.29 is 9.53 Å². The molecule has 0 heterocycles. The lowest BCUT2D eigenvalue weighted by molar-refractivity contribution is -0.142. The number of aryl methyl sites for hydroxylation is 1. The third-order valence-corrected chi connectivity index (χ3v) is 3.27. The Labute approximate surface area is 100 Å². The van der Waals surface area contributed by atoms with Crippen LogP contribution in [0.4, 0.5) is 0 Å². The summed E-state index contributed by atoms with van der Waals surface area (Å²) >= 11 is 1.70. The number of esters is 1. The van der Waals surface area contributed by atoms with Gasteiger partial charge in [0, 0.05) is 10.6 Å². The number of carbonyl (C=O) groups is 1. The quantitative estimate of drug-likeness (QED) is 0.630.